The van der Waals surface area contributed by atoms with Crippen LogP contribution in [0.5, 0.6) is 0 Å². The van der Waals surface area contributed by atoms with E-state index in [1.54, 1.807) is 0 Å². The molecule has 8 aromatic rings. The van der Waals surface area contributed by atoms with Crippen molar-refractivity contribution < 1.29 is 4.42 Å². The average molecular weight is 553 g/mol. The van der Waals surface area contributed by atoms with Crippen molar-refractivity contribution in [3.8, 4) is 0 Å². The molecule has 7 aromatic carbocycles. The van der Waals surface area contributed by atoms with Crippen LogP contribution in [0.15, 0.2) is 174 Å². The van der Waals surface area contributed by atoms with Crippen LogP contribution < -0.4 is 9.80 Å². The Hall–Kier alpha value is -5.80. The number of para-hydroxylation sites is 4. The molecule has 43 heavy (non-hydrogen) atoms. The van der Waals surface area contributed by atoms with Gasteiger partial charge in [-0.1, -0.05) is 97.1 Å². The van der Waals surface area contributed by atoms with Crippen LogP contribution in [0, 0.1) is 0 Å². The molecule has 0 fully saturated rings. The summed E-state index contributed by atoms with van der Waals surface area (Å²) >= 11 is 0. The fraction of sp³-hybridized carbons (Fsp3) is 0. The summed E-state index contributed by atoms with van der Waals surface area (Å²) in [6.07, 6.45) is 0. The Morgan fingerprint density at radius 1 is 0.302 bits per heavy atom. The van der Waals surface area contributed by atoms with Gasteiger partial charge in [0.05, 0.1) is 11.4 Å². The van der Waals surface area contributed by atoms with E-state index in [1.165, 1.54) is 5.39 Å². The van der Waals surface area contributed by atoms with Crippen molar-refractivity contribution >= 4 is 66.8 Å². The minimum Gasteiger partial charge on any atom is -0.456 e. The maximum atomic E-state index is 6.17. The van der Waals surface area contributed by atoms with E-state index in [-0.39, 0.29) is 0 Å². The lowest BCUT2D eigenvalue weighted by Gasteiger charge is -2.29. The Morgan fingerprint density at radius 2 is 0.744 bits per heavy atom. The normalized spacial score (nSPS) is 11.3. The monoisotopic (exact) mass is 552 g/mol. The lowest BCUT2D eigenvalue weighted by atomic mass is 10.0. The Bertz CT molecular complexity index is 2150. The van der Waals surface area contributed by atoms with Gasteiger partial charge in [-0.25, -0.2) is 0 Å². The predicted molar refractivity (Wildman–Crippen MR) is 181 cm³/mol. The van der Waals surface area contributed by atoms with Gasteiger partial charge in [-0.2, -0.15) is 0 Å². The van der Waals surface area contributed by atoms with Gasteiger partial charge in [0, 0.05) is 44.3 Å². The SMILES string of the molecule is c1ccc(N(c2ccccc2)c2cccc3c(N(c4ccccc4)c4ccc5oc6ccccc6c5c4)cccc23)cc1. The summed E-state index contributed by atoms with van der Waals surface area (Å²) in [6, 6.07) is 59.7. The Balaban J connectivity index is 1.36. The standard InChI is InChI=1S/C40H28N2O/c1-4-14-29(15-5-1)41(30-16-6-2-7-17-30)37-23-12-22-34-33(37)21-13-24-38(34)42(31-18-8-3-9-19-31)32-26-27-40-36(28-32)35-20-10-11-25-39(35)43-40/h1-28H. The largest absolute Gasteiger partial charge is 0.456 e. The van der Waals surface area contributed by atoms with Crippen LogP contribution in [0.25, 0.3) is 32.7 Å². The van der Waals surface area contributed by atoms with E-state index >= 15 is 0 Å². The van der Waals surface area contributed by atoms with E-state index < -0.39 is 0 Å². The summed E-state index contributed by atoms with van der Waals surface area (Å²) in [5.41, 5.74) is 8.42. The minimum absolute atomic E-state index is 0.888. The zero-order chi connectivity index (χ0) is 28.6. The van der Waals surface area contributed by atoms with Gasteiger partial charge in [-0.3, -0.25) is 0 Å². The molecular weight excluding hydrogens is 524 g/mol. The second kappa shape index (κ2) is 10.6. The summed E-state index contributed by atoms with van der Waals surface area (Å²) in [5.74, 6) is 0. The zero-order valence-corrected chi connectivity index (χ0v) is 23.5. The molecule has 1 heterocycles. The van der Waals surface area contributed by atoms with Crippen molar-refractivity contribution in [2.75, 3.05) is 9.80 Å². The number of hydrogen-bond donors (Lipinski definition) is 0. The van der Waals surface area contributed by atoms with Crippen molar-refractivity contribution in [2.24, 2.45) is 0 Å². The molecule has 0 saturated carbocycles. The highest BCUT2D eigenvalue weighted by molar-refractivity contribution is 6.09. The van der Waals surface area contributed by atoms with Crippen LogP contribution in [0.4, 0.5) is 34.1 Å². The Morgan fingerprint density at radius 3 is 1.30 bits per heavy atom. The van der Waals surface area contributed by atoms with Crippen LogP contribution in [0.2, 0.25) is 0 Å². The number of hydrogen-bond acceptors (Lipinski definition) is 3. The average Bonchev–Trinajstić information content (AvgIpc) is 3.45. The molecular formula is C40H28N2O. The van der Waals surface area contributed by atoms with E-state index in [0.29, 0.717) is 0 Å². The smallest absolute Gasteiger partial charge is 0.135 e. The number of anilines is 6. The highest BCUT2D eigenvalue weighted by atomic mass is 16.3. The quantitative estimate of drug-likeness (QED) is 0.205. The van der Waals surface area contributed by atoms with Crippen molar-refractivity contribution in [3.05, 3.63) is 170 Å². The van der Waals surface area contributed by atoms with E-state index in [2.05, 4.69) is 168 Å². The molecule has 0 aliphatic rings. The summed E-state index contributed by atoms with van der Waals surface area (Å²) in [5, 5.41) is 4.56. The van der Waals surface area contributed by atoms with Crippen LogP contribution in [-0.4, -0.2) is 0 Å². The third kappa shape index (κ3) is 4.39. The van der Waals surface area contributed by atoms with Crippen molar-refractivity contribution in [1.82, 2.24) is 0 Å². The molecule has 3 nitrogen and oxygen atoms in total. The number of fused-ring (bicyclic) bond motifs is 4. The van der Waals surface area contributed by atoms with Crippen LogP contribution in [0.1, 0.15) is 0 Å². The van der Waals surface area contributed by atoms with E-state index in [9.17, 15) is 0 Å². The van der Waals surface area contributed by atoms with E-state index in [4.69, 9.17) is 4.42 Å². The lowest BCUT2D eigenvalue weighted by Crippen LogP contribution is -2.12. The maximum absolute atomic E-state index is 6.17. The molecule has 0 bridgehead atoms. The van der Waals surface area contributed by atoms with Gasteiger partial charge in [0.25, 0.3) is 0 Å². The first-order chi connectivity index (χ1) is 21.3. The van der Waals surface area contributed by atoms with Gasteiger partial charge >= 0.3 is 0 Å². The summed E-state index contributed by atoms with van der Waals surface area (Å²) in [7, 11) is 0. The Kier molecular flexibility index (Phi) is 6.12. The molecule has 1 aromatic heterocycles. The lowest BCUT2D eigenvalue weighted by molar-refractivity contribution is 0.669. The first-order valence-corrected chi connectivity index (χ1v) is 14.5. The molecule has 0 unspecified atom stereocenters. The minimum atomic E-state index is 0.888. The van der Waals surface area contributed by atoms with E-state index in [0.717, 1.165) is 61.4 Å². The second-order valence-electron chi connectivity index (χ2n) is 10.6. The van der Waals surface area contributed by atoms with Crippen LogP contribution in [-0.2, 0) is 0 Å². The van der Waals surface area contributed by atoms with Gasteiger partial charge in [-0.05, 0) is 72.8 Å². The zero-order valence-electron chi connectivity index (χ0n) is 23.5. The summed E-state index contributed by atoms with van der Waals surface area (Å²) in [4.78, 5) is 4.69. The molecule has 0 atom stereocenters. The molecule has 0 N–H and O–H groups in total. The molecule has 8 rings (SSSR count). The summed E-state index contributed by atoms with van der Waals surface area (Å²) in [6.45, 7) is 0. The molecule has 0 saturated heterocycles. The van der Waals surface area contributed by atoms with Gasteiger partial charge < -0.3 is 14.2 Å². The molecule has 0 aliphatic carbocycles. The molecule has 0 amide bonds. The molecule has 0 spiro atoms. The predicted octanol–water partition coefficient (Wildman–Crippen LogP) is 11.7. The van der Waals surface area contributed by atoms with Crippen molar-refractivity contribution in [3.63, 3.8) is 0 Å². The second-order valence-corrected chi connectivity index (χ2v) is 10.6. The van der Waals surface area contributed by atoms with Crippen LogP contribution in [0.3, 0.4) is 0 Å². The van der Waals surface area contributed by atoms with Crippen LogP contribution >= 0.6 is 0 Å². The summed E-state index contributed by atoms with van der Waals surface area (Å²) < 4.78 is 6.17. The highest BCUT2D eigenvalue weighted by Gasteiger charge is 2.20. The molecule has 3 heteroatoms. The molecule has 0 radical (unpaired) electrons. The number of rotatable bonds is 6. The third-order valence-corrected chi connectivity index (χ3v) is 8.02. The topological polar surface area (TPSA) is 19.6 Å². The van der Waals surface area contributed by atoms with Gasteiger partial charge in [0.15, 0.2) is 0 Å². The first-order valence-electron chi connectivity index (χ1n) is 14.5. The van der Waals surface area contributed by atoms with Gasteiger partial charge in [0.2, 0.25) is 0 Å². The Labute approximate surface area is 250 Å². The van der Waals surface area contributed by atoms with E-state index in [1.807, 2.05) is 12.1 Å². The third-order valence-electron chi connectivity index (χ3n) is 8.02. The maximum Gasteiger partial charge on any atom is 0.135 e. The molecule has 204 valence electrons. The number of nitrogens with zero attached hydrogens (tertiary/aromatic N) is 2. The fourth-order valence-corrected chi connectivity index (χ4v) is 6.11. The van der Waals surface area contributed by atoms with Gasteiger partial charge in [-0.15, -0.1) is 0 Å². The highest BCUT2D eigenvalue weighted by Crippen LogP contribution is 2.45. The number of furan rings is 1. The number of benzene rings is 7. The van der Waals surface area contributed by atoms with Gasteiger partial charge in [0.1, 0.15) is 11.2 Å². The fourth-order valence-electron chi connectivity index (χ4n) is 6.11. The first kappa shape index (κ1) is 25.0. The van der Waals surface area contributed by atoms with Crippen molar-refractivity contribution in [2.45, 2.75) is 0 Å². The van der Waals surface area contributed by atoms with Crippen molar-refractivity contribution in [1.29, 1.82) is 0 Å². The molecule has 0 aliphatic heterocycles.